The van der Waals surface area contributed by atoms with Gasteiger partial charge in [-0.05, 0) is 25.1 Å². The van der Waals surface area contributed by atoms with Crippen molar-refractivity contribution in [2.45, 2.75) is 13.0 Å². The van der Waals surface area contributed by atoms with Crippen LogP contribution in [0.4, 0.5) is 0 Å². The maximum Gasteiger partial charge on any atom is 0.134 e. The van der Waals surface area contributed by atoms with Crippen LogP contribution in [0.5, 0.6) is 5.75 Å². The summed E-state index contributed by atoms with van der Waals surface area (Å²) in [5.41, 5.74) is 7.41. The van der Waals surface area contributed by atoms with Gasteiger partial charge >= 0.3 is 0 Å². The Morgan fingerprint density at radius 3 is 2.92 bits per heavy atom. The van der Waals surface area contributed by atoms with Gasteiger partial charge in [-0.15, -0.1) is 0 Å². The van der Waals surface area contributed by atoms with E-state index in [9.17, 15) is 5.11 Å². The lowest BCUT2D eigenvalue weighted by atomic mass is 10.1. The summed E-state index contributed by atoms with van der Waals surface area (Å²) >= 11 is 0. The molecule has 0 aliphatic rings. The normalized spacial score (nSPS) is 13.4. The molecule has 0 aliphatic heterocycles. The summed E-state index contributed by atoms with van der Waals surface area (Å²) in [7, 11) is 0. The van der Waals surface area contributed by atoms with Gasteiger partial charge in [0.15, 0.2) is 0 Å². The van der Waals surface area contributed by atoms with Crippen molar-refractivity contribution in [2.75, 3.05) is 0 Å². The molecule has 0 amide bonds. The Morgan fingerprint density at radius 2 is 2.23 bits per heavy atom. The summed E-state index contributed by atoms with van der Waals surface area (Å²) in [5.74, 6) is 0.232. The fourth-order valence-corrected chi connectivity index (χ4v) is 1.39. The second-order valence-electron chi connectivity index (χ2n) is 3.16. The summed E-state index contributed by atoms with van der Waals surface area (Å²) < 4.78 is 5.27. The van der Waals surface area contributed by atoms with Crippen LogP contribution in [0, 0.1) is 0 Å². The number of phenols is 1. The van der Waals surface area contributed by atoms with Crippen LogP contribution in [0.1, 0.15) is 18.5 Å². The lowest BCUT2D eigenvalue weighted by Gasteiger charge is -2.00. The van der Waals surface area contributed by atoms with Crippen LogP contribution in [0.2, 0.25) is 0 Å². The largest absolute Gasteiger partial charge is 0.508 e. The summed E-state index contributed by atoms with van der Waals surface area (Å²) in [6.07, 6.45) is 1.63. The molecule has 3 heteroatoms. The van der Waals surface area contributed by atoms with Crippen molar-refractivity contribution in [1.29, 1.82) is 0 Å². The average Bonchev–Trinajstić information content (AvgIpc) is 2.46. The van der Waals surface area contributed by atoms with Gasteiger partial charge in [-0.1, -0.05) is 0 Å². The van der Waals surface area contributed by atoms with Crippen LogP contribution in [-0.4, -0.2) is 5.11 Å². The number of hydrogen-bond acceptors (Lipinski definition) is 3. The molecular formula is C10H11NO2. The number of rotatable bonds is 1. The van der Waals surface area contributed by atoms with Gasteiger partial charge < -0.3 is 15.3 Å². The van der Waals surface area contributed by atoms with Crippen molar-refractivity contribution in [3.05, 3.63) is 30.0 Å². The third kappa shape index (κ3) is 1.27. The molecule has 1 atom stereocenters. The molecule has 1 aromatic heterocycles. The molecule has 0 bridgehead atoms. The standard InChI is InChI=1S/C10H11NO2/c1-6(11)9-5-13-10-3-2-7(12)4-8(9)10/h2-6,12H,11H2,1H3. The van der Waals surface area contributed by atoms with Gasteiger partial charge in [0.25, 0.3) is 0 Å². The molecule has 0 spiro atoms. The lowest BCUT2D eigenvalue weighted by molar-refractivity contribution is 0.476. The molecule has 0 aliphatic carbocycles. The number of aromatic hydroxyl groups is 1. The van der Waals surface area contributed by atoms with Crippen LogP contribution >= 0.6 is 0 Å². The van der Waals surface area contributed by atoms with Crippen LogP contribution < -0.4 is 5.73 Å². The first-order valence-electron chi connectivity index (χ1n) is 4.14. The first-order chi connectivity index (χ1) is 6.18. The second-order valence-corrected chi connectivity index (χ2v) is 3.16. The van der Waals surface area contributed by atoms with Gasteiger partial charge in [0.1, 0.15) is 11.3 Å². The van der Waals surface area contributed by atoms with Crippen LogP contribution in [0.25, 0.3) is 11.0 Å². The predicted octanol–water partition coefficient (Wildman–Crippen LogP) is 2.16. The van der Waals surface area contributed by atoms with E-state index in [1.807, 2.05) is 6.92 Å². The second kappa shape index (κ2) is 2.78. The molecule has 0 radical (unpaired) electrons. The van der Waals surface area contributed by atoms with Crippen molar-refractivity contribution in [2.24, 2.45) is 5.73 Å². The number of nitrogens with two attached hydrogens (primary N) is 1. The molecule has 1 unspecified atom stereocenters. The number of furan rings is 1. The van der Waals surface area contributed by atoms with Crippen molar-refractivity contribution in [3.63, 3.8) is 0 Å². The smallest absolute Gasteiger partial charge is 0.134 e. The summed E-state index contributed by atoms with van der Waals surface area (Å²) in [6.45, 7) is 1.88. The van der Waals surface area contributed by atoms with Gasteiger partial charge in [-0.25, -0.2) is 0 Å². The molecule has 3 N–H and O–H groups in total. The zero-order valence-corrected chi connectivity index (χ0v) is 7.32. The highest BCUT2D eigenvalue weighted by Crippen LogP contribution is 2.27. The van der Waals surface area contributed by atoms with Crippen molar-refractivity contribution >= 4 is 11.0 Å². The number of phenolic OH excluding ortho intramolecular Hbond substituents is 1. The van der Waals surface area contributed by atoms with Gasteiger partial charge in [0.2, 0.25) is 0 Å². The molecule has 2 aromatic rings. The van der Waals surface area contributed by atoms with Crippen LogP contribution in [0.3, 0.4) is 0 Å². The highest BCUT2D eigenvalue weighted by molar-refractivity contribution is 5.82. The molecule has 0 saturated heterocycles. The quantitative estimate of drug-likeness (QED) is 0.701. The predicted molar refractivity (Wildman–Crippen MR) is 50.5 cm³/mol. The molecule has 1 heterocycles. The van der Waals surface area contributed by atoms with Crippen LogP contribution in [-0.2, 0) is 0 Å². The van der Waals surface area contributed by atoms with E-state index in [4.69, 9.17) is 10.2 Å². The molecule has 0 saturated carbocycles. The van der Waals surface area contributed by atoms with Gasteiger partial charge in [-0.3, -0.25) is 0 Å². The fraction of sp³-hybridized carbons (Fsp3) is 0.200. The Hall–Kier alpha value is -1.48. The lowest BCUT2D eigenvalue weighted by Crippen LogP contribution is -2.03. The Balaban J connectivity index is 2.71. The molecule has 3 nitrogen and oxygen atoms in total. The van der Waals surface area contributed by atoms with E-state index in [1.54, 1.807) is 24.5 Å². The zero-order chi connectivity index (χ0) is 9.42. The highest BCUT2D eigenvalue weighted by Gasteiger charge is 2.09. The Kier molecular flexibility index (Phi) is 1.74. The van der Waals surface area contributed by atoms with Crippen molar-refractivity contribution in [1.82, 2.24) is 0 Å². The zero-order valence-electron chi connectivity index (χ0n) is 7.32. The van der Waals surface area contributed by atoms with E-state index >= 15 is 0 Å². The Morgan fingerprint density at radius 1 is 1.46 bits per heavy atom. The van der Waals surface area contributed by atoms with Crippen molar-refractivity contribution < 1.29 is 9.52 Å². The van der Waals surface area contributed by atoms with E-state index in [2.05, 4.69) is 0 Å². The molecule has 0 fully saturated rings. The van der Waals surface area contributed by atoms with Crippen LogP contribution in [0.15, 0.2) is 28.9 Å². The fourth-order valence-electron chi connectivity index (χ4n) is 1.39. The van der Waals surface area contributed by atoms with E-state index in [0.717, 1.165) is 16.5 Å². The summed E-state index contributed by atoms with van der Waals surface area (Å²) in [6, 6.07) is 4.91. The summed E-state index contributed by atoms with van der Waals surface area (Å²) in [4.78, 5) is 0. The third-order valence-electron chi connectivity index (χ3n) is 2.08. The minimum Gasteiger partial charge on any atom is -0.508 e. The maximum absolute atomic E-state index is 9.27. The molecular weight excluding hydrogens is 166 g/mol. The van der Waals surface area contributed by atoms with Crippen molar-refractivity contribution in [3.8, 4) is 5.75 Å². The SMILES string of the molecule is CC(N)c1coc2ccc(O)cc12. The first kappa shape index (κ1) is 8.13. The third-order valence-corrected chi connectivity index (χ3v) is 2.08. The Bertz CT molecular complexity index is 431. The molecule has 68 valence electrons. The number of hydrogen-bond donors (Lipinski definition) is 2. The molecule has 1 aromatic carbocycles. The van der Waals surface area contributed by atoms with E-state index in [1.165, 1.54) is 0 Å². The minimum atomic E-state index is -0.0805. The molecule has 2 rings (SSSR count). The topological polar surface area (TPSA) is 59.4 Å². The van der Waals surface area contributed by atoms with Gasteiger partial charge in [0.05, 0.1) is 6.26 Å². The van der Waals surface area contributed by atoms with E-state index in [0.29, 0.717) is 0 Å². The summed E-state index contributed by atoms with van der Waals surface area (Å²) in [5, 5.41) is 10.2. The molecule has 13 heavy (non-hydrogen) atoms. The average molecular weight is 177 g/mol. The highest BCUT2D eigenvalue weighted by atomic mass is 16.3. The van der Waals surface area contributed by atoms with E-state index < -0.39 is 0 Å². The maximum atomic E-state index is 9.27. The van der Waals surface area contributed by atoms with Gasteiger partial charge in [0, 0.05) is 17.0 Å². The Labute approximate surface area is 75.8 Å². The first-order valence-corrected chi connectivity index (χ1v) is 4.14. The minimum absolute atomic E-state index is 0.0805. The monoisotopic (exact) mass is 177 g/mol. The number of benzene rings is 1. The number of fused-ring (bicyclic) bond motifs is 1. The van der Waals surface area contributed by atoms with E-state index in [-0.39, 0.29) is 11.8 Å². The van der Waals surface area contributed by atoms with Gasteiger partial charge in [-0.2, -0.15) is 0 Å².